The van der Waals surface area contributed by atoms with Crippen molar-refractivity contribution >= 4 is 15.9 Å². The number of benzene rings is 1. The quantitative estimate of drug-likeness (QED) is 0.856. The van der Waals surface area contributed by atoms with E-state index in [0.717, 1.165) is 19.3 Å². The van der Waals surface area contributed by atoms with Crippen LogP contribution in [-0.4, -0.2) is 35.5 Å². The predicted octanol–water partition coefficient (Wildman–Crippen LogP) is 3.11. The van der Waals surface area contributed by atoms with Gasteiger partial charge in [-0.2, -0.15) is 0 Å². The molecule has 3 fully saturated rings. The van der Waals surface area contributed by atoms with Crippen molar-refractivity contribution in [1.82, 2.24) is 4.31 Å². The Morgan fingerprint density at radius 3 is 2.56 bits per heavy atom. The van der Waals surface area contributed by atoms with Crippen LogP contribution in [0.1, 0.15) is 58.1 Å². The summed E-state index contributed by atoms with van der Waals surface area (Å²) in [6, 6.07) is 8.79. The summed E-state index contributed by atoms with van der Waals surface area (Å²) in [5.41, 5.74) is 0.249. The molecule has 1 amide bonds. The Bertz CT molecular complexity index is 850. The minimum atomic E-state index is -3.66. The van der Waals surface area contributed by atoms with Crippen molar-refractivity contribution in [2.75, 3.05) is 5.75 Å². The highest BCUT2D eigenvalue weighted by molar-refractivity contribution is 7.90. The van der Waals surface area contributed by atoms with E-state index in [1.54, 1.807) is 12.1 Å². The van der Waals surface area contributed by atoms with Gasteiger partial charge in [0.2, 0.25) is 15.9 Å². The number of carbonyl (C=O) groups excluding carboxylic acids is 1. The molecule has 0 radical (unpaired) electrons. The highest BCUT2D eigenvalue weighted by Crippen LogP contribution is 2.70. The van der Waals surface area contributed by atoms with Crippen LogP contribution in [0.25, 0.3) is 0 Å². The number of rotatable bonds is 4. The summed E-state index contributed by atoms with van der Waals surface area (Å²) >= 11 is 0. The maximum Gasteiger partial charge on any atom is 0.242 e. The van der Waals surface area contributed by atoms with Gasteiger partial charge in [0.25, 0.3) is 0 Å². The minimum Gasteiger partial charge on any atom is -0.388 e. The van der Waals surface area contributed by atoms with Crippen molar-refractivity contribution in [3.63, 3.8) is 0 Å². The summed E-state index contributed by atoms with van der Waals surface area (Å²) in [6.45, 7) is 6.17. The van der Waals surface area contributed by atoms with Gasteiger partial charge in [-0.1, -0.05) is 51.1 Å². The Balaban J connectivity index is 1.69. The first kappa shape index (κ1) is 18.9. The molecule has 1 heterocycles. The van der Waals surface area contributed by atoms with E-state index in [1.165, 1.54) is 4.31 Å². The van der Waals surface area contributed by atoms with E-state index >= 15 is 0 Å². The van der Waals surface area contributed by atoms with Gasteiger partial charge in [-0.25, -0.2) is 12.7 Å². The summed E-state index contributed by atoms with van der Waals surface area (Å²) in [7, 11) is -3.66. The minimum absolute atomic E-state index is 0.0672. The Labute approximate surface area is 161 Å². The fourth-order valence-electron chi connectivity index (χ4n) is 6.16. The van der Waals surface area contributed by atoms with Gasteiger partial charge in [0.05, 0.1) is 23.8 Å². The zero-order valence-corrected chi connectivity index (χ0v) is 17.1. The second kappa shape index (κ2) is 6.05. The van der Waals surface area contributed by atoms with Crippen molar-refractivity contribution in [2.45, 2.75) is 58.6 Å². The number of aliphatic hydroxyl groups is 1. The molecule has 0 aromatic heterocycles. The van der Waals surface area contributed by atoms with Crippen LogP contribution in [0.2, 0.25) is 0 Å². The van der Waals surface area contributed by atoms with Gasteiger partial charge in [-0.3, -0.25) is 4.79 Å². The van der Waals surface area contributed by atoms with Crippen LogP contribution in [0, 0.1) is 22.7 Å². The maximum atomic E-state index is 13.4. The van der Waals surface area contributed by atoms with Gasteiger partial charge in [-0.15, -0.1) is 0 Å². The standard InChI is InChI=1S/C21H29NO4S/c1-4-16(18(23)14-8-6-5-7-9-14)19(24)22-17-12-15-10-11-21(17,20(15,2)3)13-27(22,25)26/h5-9,15-18,23H,4,10-13H2,1-3H3/t15-,16-,17-,18+,21-/m1/s1. The number of amides is 1. The first-order valence-corrected chi connectivity index (χ1v) is 11.6. The molecule has 0 unspecified atom stereocenters. The highest BCUT2D eigenvalue weighted by atomic mass is 32.2. The molecule has 1 aliphatic heterocycles. The predicted molar refractivity (Wildman–Crippen MR) is 103 cm³/mol. The van der Waals surface area contributed by atoms with E-state index in [4.69, 9.17) is 0 Å². The molecule has 27 heavy (non-hydrogen) atoms. The van der Waals surface area contributed by atoms with Gasteiger partial charge in [0.15, 0.2) is 0 Å². The van der Waals surface area contributed by atoms with Crippen molar-refractivity contribution in [1.29, 1.82) is 0 Å². The zero-order chi connectivity index (χ0) is 19.6. The van der Waals surface area contributed by atoms with Gasteiger partial charge in [0.1, 0.15) is 0 Å². The highest BCUT2D eigenvalue weighted by Gasteiger charge is 2.72. The Kier molecular flexibility index (Phi) is 4.24. The molecular weight excluding hydrogens is 362 g/mol. The Hall–Kier alpha value is -1.40. The van der Waals surface area contributed by atoms with Crippen LogP contribution in [0.5, 0.6) is 0 Å². The fraction of sp³-hybridized carbons (Fsp3) is 0.667. The molecule has 1 saturated heterocycles. The molecule has 6 heteroatoms. The number of hydrogen-bond donors (Lipinski definition) is 1. The van der Waals surface area contributed by atoms with Gasteiger partial charge in [0, 0.05) is 5.41 Å². The van der Waals surface area contributed by atoms with Gasteiger partial charge in [-0.05, 0) is 42.6 Å². The van der Waals surface area contributed by atoms with Crippen molar-refractivity contribution < 1.29 is 18.3 Å². The Morgan fingerprint density at radius 1 is 1.30 bits per heavy atom. The second-order valence-corrected chi connectivity index (χ2v) is 11.0. The second-order valence-electron chi connectivity index (χ2n) is 9.13. The molecule has 5 atom stereocenters. The van der Waals surface area contributed by atoms with Crippen molar-refractivity contribution in [2.24, 2.45) is 22.7 Å². The van der Waals surface area contributed by atoms with E-state index in [-0.39, 0.29) is 22.6 Å². The van der Waals surface area contributed by atoms with Crippen LogP contribution in [-0.2, 0) is 14.8 Å². The van der Waals surface area contributed by atoms with E-state index in [2.05, 4.69) is 13.8 Å². The number of aliphatic hydroxyl groups excluding tert-OH is 1. The van der Waals surface area contributed by atoms with Crippen molar-refractivity contribution in [3.8, 4) is 0 Å². The first-order chi connectivity index (χ1) is 12.7. The molecule has 1 spiro atoms. The van der Waals surface area contributed by atoms with Gasteiger partial charge < -0.3 is 5.11 Å². The topological polar surface area (TPSA) is 74.7 Å². The first-order valence-electron chi connectivity index (χ1n) is 9.94. The summed E-state index contributed by atoms with van der Waals surface area (Å²) in [5, 5.41) is 10.8. The SMILES string of the molecule is CC[C@@H](C(=O)N1[C@@H]2C[C@H]3CC[C@]2(CS1(=O)=O)C3(C)C)[C@@H](O)c1ccccc1. The van der Waals surface area contributed by atoms with E-state index in [9.17, 15) is 18.3 Å². The monoisotopic (exact) mass is 391 g/mol. The lowest BCUT2D eigenvalue weighted by molar-refractivity contribution is -0.137. The third-order valence-electron chi connectivity index (χ3n) is 7.91. The van der Waals surface area contributed by atoms with Crippen LogP contribution < -0.4 is 0 Å². The molecule has 2 saturated carbocycles. The molecular formula is C21H29NO4S. The Morgan fingerprint density at radius 2 is 1.96 bits per heavy atom. The number of nitrogens with zero attached hydrogens (tertiary/aromatic N) is 1. The normalized spacial score (nSPS) is 35.0. The summed E-state index contributed by atoms with van der Waals surface area (Å²) in [5.74, 6) is -0.649. The molecule has 1 aromatic carbocycles. The van der Waals surface area contributed by atoms with Crippen LogP contribution >= 0.6 is 0 Å². The lowest BCUT2D eigenvalue weighted by Crippen LogP contribution is -2.47. The summed E-state index contributed by atoms with van der Waals surface area (Å²) in [6.07, 6.45) is 2.08. The molecule has 3 aliphatic rings. The van der Waals surface area contributed by atoms with Crippen molar-refractivity contribution in [3.05, 3.63) is 35.9 Å². The molecule has 1 aromatic rings. The van der Waals surface area contributed by atoms with Crippen LogP contribution in [0.15, 0.2) is 30.3 Å². The lowest BCUT2D eigenvalue weighted by Gasteiger charge is -2.37. The molecule has 4 rings (SSSR count). The number of sulfonamides is 1. The lowest BCUT2D eigenvalue weighted by atomic mass is 9.69. The number of hydrogen-bond acceptors (Lipinski definition) is 4. The summed E-state index contributed by atoms with van der Waals surface area (Å²) in [4.78, 5) is 13.4. The fourth-order valence-corrected chi connectivity index (χ4v) is 8.74. The zero-order valence-electron chi connectivity index (χ0n) is 16.3. The molecule has 148 valence electrons. The molecule has 5 nitrogen and oxygen atoms in total. The van der Waals surface area contributed by atoms with E-state index in [1.807, 2.05) is 25.1 Å². The van der Waals surface area contributed by atoms with E-state index < -0.39 is 28.0 Å². The molecule has 1 N–H and O–H groups in total. The van der Waals surface area contributed by atoms with Crippen LogP contribution in [0.3, 0.4) is 0 Å². The third-order valence-corrected chi connectivity index (χ3v) is 9.82. The smallest absolute Gasteiger partial charge is 0.242 e. The van der Waals surface area contributed by atoms with E-state index in [0.29, 0.717) is 17.9 Å². The largest absolute Gasteiger partial charge is 0.388 e. The average molecular weight is 392 g/mol. The molecule has 2 bridgehead atoms. The average Bonchev–Trinajstić information content (AvgIpc) is 3.10. The van der Waals surface area contributed by atoms with Gasteiger partial charge >= 0.3 is 0 Å². The number of fused-ring (bicyclic) bond motifs is 1. The maximum absolute atomic E-state index is 13.4. The van der Waals surface area contributed by atoms with Crippen LogP contribution in [0.4, 0.5) is 0 Å². The summed E-state index contributed by atoms with van der Waals surface area (Å²) < 4.78 is 27.4. The molecule has 2 aliphatic carbocycles. The third kappa shape index (κ3) is 2.45. The number of carbonyl (C=O) groups is 1.